The van der Waals surface area contributed by atoms with Crippen LogP contribution in [0.4, 0.5) is 0 Å². The van der Waals surface area contributed by atoms with E-state index in [9.17, 15) is 4.79 Å². The molecule has 1 aliphatic heterocycles. The van der Waals surface area contributed by atoms with E-state index in [4.69, 9.17) is 11.6 Å². The lowest BCUT2D eigenvalue weighted by Crippen LogP contribution is -2.50. The molecule has 0 spiro atoms. The molecule has 1 heterocycles. The number of hydrogen-bond donors (Lipinski definition) is 0. The molecule has 1 amide bonds. The molecule has 0 N–H and O–H groups in total. The van der Waals surface area contributed by atoms with Gasteiger partial charge in [-0.15, -0.1) is 0 Å². The molecule has 4 aromatic rings. The van der Waals surface area contributed by atoms with Crippen molar-refractivity contribution in [2.24, 2.45) is 0 Å². The van der Waals surface area contributed by atoms with Crippen molar-refractivity contribution >= 4 is 17.5 Å². The Morgan fingerprint density at radius 3 is 1.64 bits per heavy atom. The van der Waals surface area contributed by atoms with E-state index in [0.717, 1.165) is 23.7 Å². The van der Waals surface area contributed by atoms with Crippen LogP contribution in [0.2, 0.25) is 5.02 Å². The molecule has 1 aliphatic rings. The first-order valence-corrected chi connectivity index (χ1v) is 13.0. The fraction of sp³-hybridized carbons (Fsp3) is 0.219. The molecule has 182 valence electrons. The minimum Gasteiger partial charge on any atom is -0.340 e. The Morgan fingerprint density at radius 1 is 0.639 bits per heavy atom. The van der Waals surface area contributed by atoms with Gasteiger partial charge >= 0.3 is 0 Å². The predicted molar refractivity (Wildman–Crippen MR) is 147 cm³/mol. The summed E-state index contributed by atoms with van der Waals surface area (Å²) in [6.07, 6.45) is 0.473. The third-order valence-electron chi connectivity index (χ3n) is 7.13. The van der Waals surface area contributed by atoms with Crippen LogP contribution in [0.5, 0.6) is 0 Å². The number of piperazine rings is 1. The average molecular weight is 495 g/mol. The zero-order valence-electron chi connectivity index (χ0n) is 20.3. The fourth-order valence-corrected chi connectivity index (χ4v) is 5.49. The molecule has 0 bridgehead atoms. The van der Waals surface area contributed by atoms with E-state index >= 15 is 0 Å². The lowest BCUT2D eigenvalue weighted by atomic mass is 9.88. The zero-order chi connectivity index (χ0) is 24.7. The largest absolute Gasteiger partial charge is 0.340 e. The molecule has 4 aromatic carbocycles. The van der Waals surface area contributed by atoms with E-state index in [-0.39, 0.29) is 17.9 Å². The molecular weight excluding hydrogens is 464 g/mol. The standard InChI is InChI=1S/C32H31ClN2O/c33-30-19-11-10-18-28(30)32(27-16-8-3-9-17-27)35-22-20-34(21-23-35)31(36)24-29(25-12-4-1-5-13-25)26-14-6-2-7-15-26/h1-19,29,32H,20-24H2. The zero-order valence-corrected chi connectivity index (χ0v) is 21.1. The van der Waals surface area contributed by atoms with E-state index in [2.05, 4.69) is 59.5 Å². The second-order valence-electron chi connectivity index (χ2n) is 9.33. The molecular formula is C32H31ClN2O. The van der Waals surface area contributed by atoms with Crippen LogP contribution in [-0.4, -0.2) is 41.9 Å². The maximum Gasteiger partial charge on any atom is 0.223 e. The van der Waals surface area contributed by atoms with Crippen molar-refractivity contribution in [2.75, 3.05) is 26.2 Å². The highest BCUT2D eigenvalue weighted by atomic mass is 35.5. The number of nitrogens with zero attached hydrogens (tertiary/aromatic N) is 2. The molecule has 5 rings (SSSR count). The molecule has 1 unspecified atom stereocenters. The summed E-state index contributed by atoms with van der Waals surface area (Å²) in [7, 11) is 0. The Hall–Kier alpha value is -3.40. The van der Waals surface area contributed by atoms with Crippen molar-refractivity contribution < 1.29 is 4.79 Å². The molecule has 0 aromatic heterocycles. The van der Waals surface area contributed by atoms with Crippen LogP contribution in [0, 0.1) is 0 Å². The highest BCUT2D eigenvalue weighted by molar-refractivity contribution is 6.31. The van der Waals surface area contributed by atoms with Gasteiger partial charge in [0.05, 0.1) is 6.04 Å². The minimum atomic E-state index is 0.0538. The van der Waals surface area contributed by atoms with Crippen LogP contribution in [0.15, 0.2) is 115 Å². The van der Waals surface area contributed by atoms with Crippen LogP contribution in [0.3, 0.4) is 0 Å². The van der Waals surface area contributed by atoms with Crippen molar-refractivity contribution in [1.82, 2.24) is 9.80 Å². The number of carbonyl (C=O) groups is 1. The van der Waals surface area contributed by atoms with Gasteiger partial charge in [-0.1, -0.05) is 121 Å². The van der Waals surface area contributed by atoms with Crippen LogP contribution >= 0.6 is 11.6 Å². The van der Waals surface area contributed by atoms with Gasteiger partial charge in [-0.2, -0.15) is 0 Å². The summed E-state index contributed by atoms with van der Waals surface area (Å²) in [5.74, 6) is 0.263. The van der Waals surface area contributed by atoms with Gasteiger partial charge in [0.25, 0.3) is 0 Å². The molecule has 1 saturated heterocycles. The first-order valence-electron chi connectivity index (χ1n) is 12.6. The summed E-state index contributed by atoms with van der Waals surface area (Å²) in [4.78, 5) is 18.0. The number of amides is 1. The lowest BCUT2D eigenvalue weighted by molar-refractivity contribution is -0.133. The van der Waals surface area contributed by atoms with Crippen molar-refractivity contribution in [3.63, 3.8) is 0 Å². The van der Waals surface area contributed by atoms with E-state index in [1.54, 1.807) is 0 Å². The predicted octanol–water partition coefficient (Wildman–Crippen LogP) is 6.80. The average Bonchev–Trinajstić information content (AvgIpc) is 2.95. The van der Waals surface area contributed by atoms with Gasteiger partial charge in [0, 0.05) is 43.5 Å². The third kappa shape index (κ3) is 5.53. The van der Waals surface area contributed by atoms with Crippen LogP contribution < -0.4 is 0 Å². The quantitative estimate of drug-likeness (QED) is 0.282. The maximum atomic E-state index is 13.5. The van der Waals surface area contributed by atoms with Gasteiger partial charge in [-0.05, 0) is 28.3 Å². The van der Waals surface area contributed by atoms with Crippen LogP contribution in [0.1, 0.15) is 40.6 Å². The normalized spacial score (nSPS) is 15.1. The fourth-order valence-electron chi connectivity index (χ4n) is 5.25. The van der Waals surface area contributed by atoms with Gasteiger partial charge in [0.15, 0.2) is 0 Å². The highest BCUT2D eigenvalue weighted by Crippen LogP contribution is 2.34. The summed E-state index contributed by atoms with van der Waals surface area (Å²) in [5, 5.41) is 0.776. The SMILES string of the molecule is O=C(CC(c1ccccc1)c1ccccc1)N1CCN(C(c2ccccc2)c2ccccc2Cl)CC1. The molecule has 36 heavy (non-hydrogen) atoms. The number of halogens is 1. The molecule has 0 aliphatic carbocycles. The number of rotatable bonds is 7. The van der Waals surface area contributed by atoms with Crippen molar-refractivity contribution in [3.8, 4) is 0 Å². The Balaban J connectivity index is 1.31. The molecule has 4 heteroatoms. The highest BCUT2D eigenvalue weighted by Gasteiger charge is 2.30. The van der Waals surface area contributed by atoms with Gasteiger partial charge in [-0.25, -0.2) is 0 Å². The lowest BCUT2D eigenvalue weighted by Gasteiger charge is -2.40. The monoisotopic (exact) mass is 494 g/mol. The first kappa shape index (κ1) is 24.3. The Kier molecular flexibility index (Phi) is 7.80. The second-order valence-corrected chi connectivity index (χ2v) is 9.74. The van der Waals surface area contributed by atoms with Gasteiger partial charge < -0.3 is 4.90 Å². The Labute approximate surface area is 219 Å². The van der Waals surface area contributed by atoms with Crippen molar-refractivity contribution in [1.29, 1.82) is 0 Å². The van der Waals surface area contributed by atoms with Crippen molar-refractivity contribution in [2.45, 2.75) is 18.4 Å². The smallest absolute Gasteiger partial charge is 0.223 e. The number of carbonyl (C=O) groups excluding carboxylic acids is 1. The summed E-state index contributed by atoms with van der Waals surface area (Å²) in [6.45, 7) is 3.03. The number of hydrogen-bond acceptors (Lipinski definition) is 2. The van der Waals surface area contributed by atoms with E-state index in [1.807, 2.05) is 65.6 Å². The molecule has 1 fully saturated rings. The second kappa shape index (κ2) is 11.6. The topological polar surface area (TPSA) is 23.6 Å². The molecule has 3 nitrogen and oxygen atoms in total. The number of benzene rings is 4. The van der Waals surface area contributed by atoms with Gasteiger partial charge in [-0.3, -0.25) is 9.69 Å². The summed E-state index contributed by atoms with van der Waals surface area (Å²) < 4.78 is 0. The first-order chi connectivity index (χ1) is 17.7. The molecule has 0 saturated carbocycles. The van der Waals surface area contributed by atoms with Crippen LogP contribution in [-0.2, 0) is 4.79 Å². The van der Waals surface area contributed by atoms with Crippen LogP contribution in [0.25, 0.3) is 0 Å². The summed E-state index contributed by atoms with van der Waals surface area (Å²) in [5.41, 5.74) is 4.69. The Morgan fingerprint density at radius 2 is 1.11 bits per heavy atom. The minimum absolute atomic E-state index is 0.0538. The van der Waals surface area contributed by atoms with E-state index in [1.165, 1.54) is 16.7 Å². The third-order valence-corrected chi connectivity index (χ3v) is 7.47. The molecule has 1 atom stereocenters. The van der Waals surface area contributed by atoms with Gasteiger partial charge in [0.1, 0.15) is 0 Å². The van der Waals surface area contributed by atoms with Crippen molar-refractivity contribution in [3.05, 3.63) is 143 Å². The molecule has 0 radical (unpaired) electrons. The summed E-state index contributed by atoms with van der Waals surface area (Å²) in [6, 6.07) is 39.4. The maximum absolute atomic E-state index is 13.5. The van der Waals surface area contributed by atoms with E-state index < -0.39 is 0 Å². The Bertz CT molecular complexity index is 1220. The summed E-state index contributed by atoms with van der Waals surface area (Å²) >= 11 is 6.65. The van der Waals surface area contributed by atoms with E-state index in [0.29, 0.717) is 19.5 Å². The van der Waals surface area contributed by atoms with Gasteiger partial charge in [0.2, 0.25) is 5.91 Å².